The Kier molecular flexibility index (Phi) is 4.94. The molecule has 0 atom stereocenters. The maximum atomic E-state index is 14.6. The lowest BCUT2D eigenvalue weighted by atomic mass is 10.0. The first-order valence-electron chi connectivity index (χ1n) is 8.00. The Hall–Kier alpha value is -1.91. The Morgan fingerprint density at radius 2 is 1.87 bits per heavy atom. The highest BCUT2D eigenvalue weighted by atomic mass is 19.1. The maximum Gasteiger partial charge on any atom is 0.133 e. The number of hydrogen-bond donors (Lipinski definition) is 0. The van der Waals surface area contributed by atoms with Crippen LogP contribution in [-0.4, -0.2) is 45.3 Å². The number of nitrogens with zero attached hydrogens (tertiary/aromatic N) is 2. The molecule has 0 unspecified atom stereocenters. The summed E-state index contributed by atoms with van der Waals surface area (Å²) >= 11 is 0. The fourth-order valence-corrected chi connectivity index (χ4v) is 2.96. The standard InChI is InChI=1S/C19H23FN2O/c1-21(2)14-15-4-3-5-16(12-15)18-7-6-17(13-19(18)20)22-8-10-23-11-9-22/h3-7,12-13H,8-11,14H2,1-2H3. The van der Waals surface area contributed by atoms with Crippen LogP contribution >= 0.6 is 0 Å². The van der Waals surface area contributed by atoms with Gasteiger partial charge in [-0.2, -0.15) is 0 Å². The number of halogens is 1. The zero-order chi connectivity index (χ0) is 16.2. The van der Waals surface area contributed by atoms with Gasteiger partial charge in [-0.3, -0.25) is 0 Å². The average molecular weight is 314 g/mol. The minimum Gasteiger partial charge on any atom is -0.378 e. The second-order valence-electron chi connectivity index (χ2n) is 6.20. The Labute approximate surface area is 137 Å². The molecular formula is C19H23FN2O. The van der Waals surface area contributed by atoms with E-state index in [1.54, 1.807) is 6.07 Å². The average Bonchev–Trinajstić information content (AvgIpc) is 2.55. The van der Waals surface area contributed by atoms with Gasteiger partial charge in [-0.25, -0.2) is 4.39 Å². The molecule has 2 aromatic rings. The molecule has 0 radical (unpaired) electrons. The summed E-state index contributed by atoms with van der Waals surface area (Å²) in [5, 5.41) is 0. The lowest BCUT2D eigenvalue weighted by molar-refractivity contribution is 0.122. The Morgan fingerprint density at radius 1 is 1.09 bits per heavy atom. The van der Waals surface area contributed by atoms with E-state index in [4.69, 9.17) is 4.74 Å². The van der Waals surface area contributed by atoms with E-state index in [2.05, 4.69) is 21.9 Å². The van der Waals surface area contributed by atoms with Gasteiger partial charge in [0.2, 0.25) is 0 Å². The Morgan fingerprint density at radius 3 is 2.57 bits per heavy atom. The van der Waals surface area contributed by atoms with Crippen LogP contribution in [0, 0.1) is 5.82 Å². The highest BCUT2D eigenvalue weighted by molar-refractivity contribution is 5.68. The molecule has 1 aliphatic heterocycles. The van der Waals surface area contributed by atoms with E-state index in [0.717, 1.165) is 30.9 Å². The van der Waals surface area contributed by atoms with Crippen molar-refractivity contribution in [2.75, 3.05) is 45.3 Å². The van der Waals surface area contributed by atoms with Crippen molar-refractivity contribution in [1.82, 2.24) is 4.90 Å². The number of benzene rings is 2. The summed E-state index contributed by atoms with van der Waals surface area (Å²) < 4.78 is 20.0. The van der Waals surface area contributed by atoms with Crippen molar-refractivity contribution in [3.05, 3.63) is 53.8 Å². The third-order valence-corrected chi connectivity index (χ3v) is 4.07. The van der Waals surface area contributed by atoms with Crippen molar-refractivity contribution in [2.45, 2.75) is 6.54 Å². The number of anilines is 1. The van der Waals surface area contributed by atoms with Crippen molar-refractivity contribution in [1.29, 1.82) is 0 Å². The van der Waals surface area contributed by atoms with Gasteiger partial charge in [-0.1, -0.05) is 18.2 Å². The number of rotatable bonds is 4. The Bertz CT molecular complexity index is 666. The first kappa shape index (κ1) is 16.0. The highest BCUT2D eigenvalue weighted by Gasteiger charge is 2.14. The van der Waals surface area contributed by atoms with E-state index in [1.165, 1.54) is 5.56 Å². The van der Waals surface area contributed by atoms with Gasteiger partial charge in [0, 0.05) is 30.9 Å². The van der Waals surface area contributed by atoms with Gasteiger partial charge in [-0.05, 0) is 49.5 Å². The molecule has 1 heterocycles. The van der Waals surface area contributed by atoms with E-state index in [-0.39, 0.29) is 5.82 Å². The molecule has 0 N–H and O–H groups in total. The van der Waals surface area contributed by atoms with Crippen LogP contribution in [-0.2, 0) is 11.3 Å². The van der Waals surface area contributed by atoms with Crippen LogP contribution in [0.4, 0.5) is 10.1 Å². The lowest BCUT2D eigenvalue weighted by Gasteiger charge is -2.29. The summed E-state index contributed by atoms with van der Waals surface area (Å²) in [5.74, 6) is -0.170. The van der Waals surface area contributed by atoms with Crippen molar-refractivity contribution < 1.29 is 9.13 Å². The number of hydrogen-bond acceptors (Lipinski definition) is 3. The van der Waals surface area contributed by atoms with E-state index >= 15 is 0 Å². The number of morpholine rings is 1. The summed E-state index contributed by atoms with van der Waals surface area (Å²) in [6.07, 6.45) is 0. The molecule has 0 aliphatic carbocycles. The third-order valence-electron chi connectivity index (χ3n) is 4.07. The van der Waals surface area contributed by atoms with Crippen LogP contribution in [0.5, 0.6) is 0 Å². The molecule has 4 heteroatoms. The predicted octanol–water partition coefficient (Wildman–Crippen LogP) is 3.39. The van der Waals surface area contributed by atoms with E-state index < -0.39 is 0 Å². The van der Waals surface area contributed by atoms with Crippen LogP contribution in [0.15, 0.2) is 42.5 Å². The molecule has 1 fully saturated rings. The van der Waals surface area contributed by atoms with Crippen LogP contribution in [0.25, 0.3) is 11.1 Å². The van der Waals surface area contributed by atoms with Crippen LogP contribution in [0.3, 0.4) is 0 Å². The van der Waals surface area contributed by atoms with Crippen molar-refractivity contribution in [2.24, 2.45) is 0 Å². The smallest absolute Gasteiger partial charge is 0.133 e. The van der Waals surface area contributed by atoms with Gasteiger partial charge < -0.3 is 14.5 Å². The molecular weight excluding hydrogens is 291 g/mol. The SMILES string of the molecule is CN(C)Cc1cccc(-c2ccc(N3CCOCC3)cc2F)c1. The largest absolute Gasteiger partial charge is 0.378 e. The minimum absolute atomic E-state index is 0.170. The van der Waals surface area contributed by atoms with E-state index in [0.29, 0.717) is 18.8 Å². The second kappa shape index (κ2) is 7.11. The zero-order valence-corrected chi connectivity index (χ0v) is 13.8. The number of ether oxygens (including phenoxy) is 1. The molecule has 0 aromatic heterocycles. The molecule has 23 heavy (non-hydrogen) atoms. The van der Waals surface area contributed by atoms with Gasteiger partial charge in [0.15, 0.2) is 0 Å². The molecule has 0 amide bonds. The monoisotopic (exact) mass is 314 g/mol. The van der Waals surface area contributed by atoms with Crippen LogP contribution in [0.2, 0.25) is 0 Å². The van der Waals surface area contributed by atoms with Gasteiger partial charge in [-0.15, -0.1) is 0 Å². The summed E-state index contributed by atoms with van der Waals surface area (Å²) in [4.78, 5) is 4.27. The topological polar surface area (TPSA) is 15.7 Å². The Balaban J connectivity index is 1.85. The third kappa shape index (κ3) is 3.89. The van der Waals surface area contributed by atoms with E-state index in [1.807, 2.05) is 38.4 Å². The van der Waals surface area contributed by atoms with E-state index in [9.17, 15) is 4.39 Å². The van der Waals surface area contributed by atoms with Gasteiger partial charge >= 0.3 is 0 Å². The van der Waals surface area contributed by atoms with Crippen LogP contribution in [0.1, 0.15) is 5.56 Å². The van der Waals surface area contributed by atoms with Gasteiger partial charge in [0.05, 0.1) is 13.2 Å². The molecule has 0 bridgehead atoms. The lowest BCUT2D eigenvalue weighted by Crippen LogP contribution is -2.36. The summed E-state index contributed by atoms with van der Waals surface area (Å²) in [6.45, 7) is 3.89. The predicted molar refractivity (Wildman–Crippen MR) is 92.3 cm³/mol. The molecule has 3 rings (SSSR count). The molecule has 0 spiro atoms. The van der Waals surface area contributed by atoms with Crippen molar-refractivity contribution >= 4 is 5.69 Å². The second-order valence-corrected chi connectivity index (χ2v) is 6.20. The van der Waals surface area contributed by atoms with Gasteiger partial charge in [0.25, 0.3) is 0 Å². The highest BCUT2D eigenvalue weighted by Crippen LogP contribution is 2.28. The first-order chi connectivity index (χ1) is 11.1. The first-order valence-corrected chi connectivity index (χ1v) is 8.00. The quantitative estimate of drug-likeness (QED) is 0.860. The summed E-state index contributed by atoms with van der Waals surface area (Å²) in [5.41, 5.74) is 3.70. The molecule has 0 saturated carbocycles. The molecule has 122 valence electrons. The van der Waals surface area contributed by atoms with Crippen molar-refractivity contribution in [3.8, 4) is 11.1 Å². The maximum absolute atomic E-state index is 14.6. The molecule has 2 aromatic carbocycles. The fraction of sp³-hybridized carbons (Fsp3) is 0.368. The summed E-state index contributed by atoms with van der Waals surface area (Å²) in [7, 11) is 4.06. The molecule has 1 aliphatic rings. The normalized spacial score (nSPS) is 15.2. The summed E-state index contributed by atoms with van der Waals surface area (Å²) in [6, 6.07) is 13.6. The van der Waals surface area contributed by atoms with Gasteiger partial charge in [0.1, 0.15) is 5.82 Å². The fourth-order valence-electron chi connectivity index (χ4n) is 2.96. The zero-order valence-electron chi connectivity index (χ0n) is 13.8. The minimum atomic E-state index is -0.170. The molecule has 1 saturated heterocycles. The molecule has 3 nitrogen and oxygen atoms in total. The van der Waals surface area contributed by atoms with Crippen molar-refractivity contribution in [3.63, 3.8) is 0 Å². The van der Waals surface area contributed by atoms with Crippen LogP contribution < -0.4 is 4.90 Å².